The minimum atomic E-state index is -2.51. The van der Waals surface area contributed by atoms with E-state index in [0.717, 1.165) is 5.56 Å². The number of likely N-dealkylation sites (N-methyl/N-ethyl adjacent to an activating group) is 1. The second-order valence-electron chi connectivity index (χ2n) is 7.91. The highest BCUT2D eigenvalue weighted by Gasteiger charge is 2.45. The summed E-state index contributed by atoms with van der Waals surface area (Å²) in [7, 11) is 1.86. The molecule has 156 valence electrons. The van der Waals surface area contributed by atoms with Gasteiger partial charge in [0.1, 0.15) is 11.7 Å². The number of fused-ring (bicyclic) bond motifs is 1. The van der Waals surface area contributed by atoms with Gasteiger partial charge in [-0.25, -0.2) is 13.8 Å². The van der Waals surface area contributed by atoms with Gasteiger partial charge in [-0.15, -0.1) is 0 Å². The molecule has 0 spiro atoms. The molecule has 0 unspecified atom stereocenters. The van der Waals surface area contributed by atoms with Crippen LogP contribution in [0.25, 0.3) is 0 Å². The lowest BCUT2D eigenvalue weighted by molar-refractivity contribution is -0.117. The van der Waals surface area contributed by atoms with Crippen LogP contribution in [0.1, 0.15) is 37.4 Å². The molecule has 10 heteroatoms. The Morgan fingerprint density at radius 2 is 2.10 bits per heavy atom. The van der Waals surface area contributed by atoms with Gasteiger partial charge < -0.3 is 15.5 Å². The monoisotopic (exact) mass is 405 g/mol. The Labute approximate surface area is 167 Å². The van der Waals surface area contributed by atoms with Crippen LogP contribution in [0.2, 0.25) is 0 Å². The van der Waals surface area contributed by atoms with Crippen LogP contribution in [-0.4, -0.2) is 44.7 Å². The Morgan fingerprint density at radius 3 is 2.79 bits per heavy atom. The number of aryl methyl sites for hydroxylation is 1. The molecule has 2 aromatic rings. The lowest BCUT2D eigenvalue weighted by atomic mass is 9.81. The SMILES string of the molecule is CC[C@H]1C(=O)Nc2c(C)nc(NCc3cnn(CC4CC(F)(F)C4)c3)nc2N1C. The number of nitrogens with zero attached hydrogens (tertiary/aromatic N) is 5. The van der Waals surface area contributed by atoms with Gasteiger partial charge in [0.15, 0.2) is 5.82 Å². The number of carbonyl (C=O) groups excluding carboxylic acids is 1. The highest BCUT2D eigenvalue weighted by atomic mass is 19.3. The molecular weight excluding hydrogens is 380 g/mol. The summed E-state index contributed by atoms with van der Waals surface area (Å²) in [6.45, 7) is 4.76. The van der Waals surface area contributed by atoms with E-state index in [2.05, 4.69) is 25.7 Å². The van der Waals surface area contributed by atoms with E-state index in [4.69, 9.17) is 0 Å². The molecule has 1 aliphatic heterocycles. The standard InChI is InChI=1S/C19H25F2N7O/c1-4-14-17(29)25-15-11(2)24-18(26-16(15)27(14)3)22-7-13-8-23-28(10-13)9-12-5-19(20,21)6-12/h8,10,12,14H,4-7,9H2,1-3H3,(H,25,29)(H,22,24,26)/t14-/m0/s1. The molecule has 0 bridgehead atoms. The molecule has 2 N–H and O–H groups in total. The topological polar surface area (TPSA) is 88.0 Å². The fraction of sp³-hybridized carbons (Fsp3) is 0.579. The number of rotatable bonds is 6. The zero-order chi connectivity index (χ0) is 20.8. The number of aromatic nitrogens is 4. The van der Waals surface area contributed by atoms with Crippen molar-refractivity contribution in [2.24, 2.45) is 5.92 Å². The van der Waals surface area contributed by atoms with Gasteiger partial charge in [0.25, 0.3) is 0 Å². The molecule has 1 atom stereocenters. The lowest BCUT2D eigenvalue weighted by Gasteiger charge is -2.34. The molecule has 1 aliphatic carbocycles. The van der Waals surface area contributed by atoms with E-state index in [9.17, 15) is 13.6 Å². The first-order valence-corrected chi connectivity index (χ1v) is 9.81. The molecule has 1 saturated carbocycles. The second kappa shape index (κ2) is 7.23. The van der Waals surface area contributed by atoms with Crippen LogP contribution in [-0.2, 0) is 17.9 Å². The highest BCUT2D eigenvalue weighted by molar-refractivity contribution is 6.03. The van der Waals surface area contributed by atoms with Crippen LogP contribution in [0.5, 0.6) is 0 Å². The number of hydrogen-bond acceptors (Lipinski definition) is 6. The van der Waals surface area contributed by atoms with Gasteiger partial charge in [-0.1, -0.05) is 6.92 Å². The molecular formula is C19H25F2N7O. The number of alkyl halides is 2. The van der Waals surface area contributed by atoms with Crippen molar-refractivity contribution in [3.05, 3.63) is 23.7 Å². The Kier molecular flexibility index (Phi) is 4.87. The van der Waals surface area contributed by atoms with Crippen LogP contribution in [0.4, 0.5) is 26.2 Å². The van der Waals surface area contributed by atoms with Gasteiger partial charge in [-0.3, -0.25) is 9.48 Å². The molecule has 2 aromatic heterocycles. The maximum atomic E-state index is 13.0. The fourth-order valence-electron chi connectivity index (χ4n) is 3.98. The minimum Gasteiger partial charge on any atom is -0.350 e. The first-order valence-electron chi connectivity index (χ1n) is 9.81. The van der Waals surface area contributed by atoms with E-state index >= 15 is 0 Å². The summed E-state index contributed by atoms with van der Waals surface area (Å²) in [6.07, 6.45) is 4.12. The molecule has 8 nitrogen and oxygen atoms in total. The van der Waals surface area contributed by atoms with Crippen molar-refractivity contribution in [2.75, 3.05) is 22.6 Å². The number of carbonyl (C=O) groups is 1. The van der Waals surface area contributed by atoms with Crippen LogP contribution in [0, 0.1) is 12.8 Å². The normalized spacial score (nSPS) is 20.8. The minimum absolute atomic E-state index is 0.0189. The largest absolute Gasteiger partial charge is 0.350 e. The Balaban J connectivity index is 1.41. The van der Waals surface area contributed by atoms with Crippen molar-refractivity contribution in [1.82, 2.24) is 19.7 Å². The lowest BCUT2D eigenvalue weighted by Crippen LogP contribution is -2.46. The summed E-state index contributed by atoms with van der Waals surface area (Å²) in [5.41, 5.74) is 2.25. The number of nitrogens with one attached hydrogen (secondary N) is 2. The van der Waals surface area contributed by atoms with Crippen molar-refractivity contribution < 1.29 is 13.6 Å². The summed E-state index contributed by atoms with van der Waals surface area (Å²) >= 11 is 0. The van der Waals surface area contributed by atoms with E-state index in [0.29, 0.717) is 42.7 Å². The maximum Gasteiger partial charge on any atom is 0.248 e. The number of amides is 1. The van der Waals surface area contributed by atoms with Gasteiger partial charge in [0, 0.05) is 44.7 Å². The maximum absolute atomic E-state index is 13.0. The summed E-state index contributed by atoms with van der Waals surface area (Å²) in [6, 6.07) is -0.262. The van der Waals surface area contributed by atoms with E-state index in [1.54, 1.807) is 10.9 Å². The Morgan fingerprint density at radius 1 is 1.34 bits per heavy atom. The van der Waals surface area contributed by atoms with E-state index < -0.39 is 5.92 Å². The molecule has 0 aromatic carbocycles. The fourth-order valence-corrected chi connectivity index (χ4v) is 3.98. The van der Waals surface area contributed by atoms with Crippen molar-refractivity contribution in [3.8, 4) is 0 Å². The predicted molar refractivity (Wildman–Crippen MR) is 105 cm³/mol. The van der Waals surface area contributed by atoms with Crippen LogP contribution in [0.3, 0.4) is 0 Å². The Hall–Kier alpha value is -2.78. The van der Waals surface area contributed by atoms with E-state index in [1.807, 2.05) is 32.0 Å². The second-order valence-corrected chi connectivity index (χ2v) is 7.91. The van der Waals surface area contributed by atoms with Crippen molar-refractivity contribution in [1.29, 1.82) is 0 Å². The molecule has 0 saturated heterocycles. The van der Waals surface area contributed by atoms with Gasteiger partial charge in [0.2, 0.25) is 17.8 Å². The third kappa shape index (κ3) is 3.88. The highest BCUT2D eigenvalue weighted by Crippen LogP contribution is 2.43. The summed E-state index contributed by atoms with van der Waals surface area (Å²) in [5, 5.41) is 10.4. The van der Waals surface area contributed by atoms with Crippen molar-refractivity contribution >= 4 is 23.4 Å². The number of hydrogen-bond donors (Lipinski definition) is 2. The zero-order valence-electron chi connectivity index (χ0n) is 16.7. The smallest absolute Gasteiger partial charge is 0.248 e. The van der Waals surface area contributed by atoms with Gasteiger partial charge in [-0.2, -0.15) is 10.1 Å². The number of anilines is 3. The first-order chi connectivity index (χ1) is 13.8. The van der Waals surface area contributed by atoms with Gasteiger partial charge in [-0.05, 0) is 19.3 Å². The zero-order valence-corrected chi connectivity index (χ0v) is 16.7. The Bertz CT molecular complexity index is 921. The molecule has 29 heavy (non-hydrogen) atoms. The average Bonchev–Trinajstić information content (AvgIpc) is 3.07. The predicted octanol–water partition coefficient (Wildman–Crippen LogP) is 2.81. The molecule has 1 fully saturated rings. The number of halogens is 2. The molecule has 0 radical (unpaired) electrons. The molecule has 1 amide bonds. The third-order valence-corrected chi connectivity index (χ3v) is 5.57. The van der Waals surface area contributed by atoms with Gasteiger partial charge >= 0.3 is 0 Å². The first kappa shape index (κ1) is 19.5. The van der Waals surface area contributed by atoms with Crippen LogP contribution >= 0.6 is 0 Å². The molecule has 3 heterocycles. The van der Waals surface area contributed by atoms with E-state index in [1.165, 1.54) is 0 Å². The summed E-state index contributed by atoms with van der Waals surface area (Å²) < 4.78 is 27.7. The van der Waals surface area contributed by atoms with Crippen molar-refractivity contribution in [2.45, 2.75) is 58.2 Å². The van der Waals surface area contributed by atoms with Crippen LogP contribution < -0.4 is 15.5 Å². The van der Waals surface area contributed by atoms with Gasteiger partial charge in [0.05, 0.1) is 11.9 Å². The van der Waals surface area contributed by atoms with Crippen molar-refractivity contribution in [3.63, 3.8) is 0 Å². The summed E-state index contributed by atoms with van der Waals surface area (Å²) in [4.78, 5) is 23.1. The summed E-state index contributed by atoms with van der Waals surface area (Å²) in [5.74, 6) is -1.42. The molecule has 2 aliphatic rings. The average molecular weight is 405 g/mol. The van der Waals surface area contributed by atoms with E-state index in [-0.39, 0.29) is 30.7 Å². The third-order valence-electron chi connectivity index (χ3n) is 5.57. The quantitative estimate of drug-likeness (QED) is 0.768. The van der Waals surface area contributed by atoms with Crippen LogP contribution in [0.15, 0.2) is 12.4 Å². The molecule has 4 rings (SSSR count).